The number of carbonyl (C=O) groups excluding carboxylic acids is 2. The number of amides is 1. The van der Waals surface area contributed by atoms with Gasteiger partial charge in [0.15, 0.2) is 0 Å². The first-order chi connectivity index (χ1) is 11.0. The van der Waals surface area contributed by atoms with Gasteiger partial charge in [-0.1, -0.05) is 51.9 Å². The topological polar surface area (TPSA) is 75.6 Å². The fourth-order valence-electron chi connectivity index (χ4n) is 2.73. The van der Waals surface area contributed by atoms with E-state index in [0.29, 0.717) is 12.8 Å². The van der Waals surface area contributed by atoms with Crippen LogP contribution < -0.4 is 5.32 Å². The molecular formula is C18H35NO4. The molecule has 2 unspecified atom stereocenters. The van der Waals surface area contributed by atoms with Crippen LogP contribution in [0.1, 0.15) is 85.0 Å². The number of nitrogens with one attached hydrogen (secondary N) is 1. The Hall–Kier alpha value is -1.10. The first kappa shape index (κ1) is 21.9. The van der Waals surface area contributed by atoms with Gasteiger partial charge < -0.3 is 15.2 Å². The standard InChI is InChI=1S/C18H35NO4/c1-4-5-6-7-8-9-10-11-17(19-15(2)21)12-13-18(14-20)23-16(3)22/h17-18,20H,4-14H2,1-3H3,(H,19,21). The Balaban J connectivity index is 4.00. The lowest BCUT2D eigenvalue weighted by atomic mass is 10.0. The Kier molecular flexibility index (Phi) is 13.8. The molecule has 1 amide bonds. The van der Waals surface area contributed by atoms with Gasteiger partial charge in [-0.3, -0.25) is 9.59 Å². The van der Waals surface area contributed by atoms with Crippen LogP contribution in [0.25, 0.3) is 0 Å². The highest BCUT2D eigenvalue weighted by Gasteiger charge is 2.16. The number of aliphatic hydroxyl groups excluding tert-OH is 1. The molecule has 0 bridgehead atoms. The highest BCUT2D eigenvalue weighted by molar-refractivity contribution is 5.73. The zero-order valence-electron chi connectivity index (χ0n) is 15.1. The largest absolute Gasteiger partial charge is 0.460 e. The smallest absolute Gasteiger partial charge is 0.302 e. The van der Waals surface area contributed by atoms with Crippen LogP contribution >= 0.6 is 0 Å². The van der Waals surface area contributed by atoms with Gasteiger partial charge in [0.25, 0.3) is 0 Å². The van der Waals surface area contributed by atoms with Crippen LogP contribution in [0.5, 0.6) is 0 Å². The van der Waals surface area contributed by atoms with E-state index in [1.165, 1.54) is 52.4 Å². The van der Waals surface area contributed by atoms with Crippen molar-refractivity contribution in [1.29, 1.82) is 0 Å². The first-order valence-corrected chi connectivity index (χ1v) is 9.04. The quantitative estimate of drug-likeness (QED) is 0.378. The number of esters is 1. The molecule has 0 radical (unpaired) electrons. The average molecular weight is 329 g/mol. The van der Waals surface area contributed by atoms with Crippen molar-refractivity contribution in [3.8, 4) is 0 Å². The molecule has 136 valence electrons. The van der Waals surface area contributed by atoms with Crippen molar-refractivity contribution in [3.63, 3.8) is 0 Å². The molecule has 0 aromatic carbocycles. The van der Waals surface area contributed by atoms with E-state index in [-0.39, 0.29) is 24.5 Å². The summed E-state index contributed by atoms with van der Waals surface area (Å²) in [5.74, 6) is -0.418. The maximum Gasteiger partial charge on any atom is 0.302 e. The van der Waals surface area contributed by atoms with E-state index in [1.54, 1.807) is 0 Å². The van der Waals surface area contributed by atoms with Crippen LogP contribution in [0.4, 0.5) is 0 Å². The summed E-state index contributed by atoms with van der Waals surface area (Å²) in [4.78, 5) is 22.3. The highest BCUT2D eigenvalue weighted by atomic mass is 16.5. The van der Waals surface area contributed by atoms with Gasteiger partial charge in [-0.2, -0.15) is 0 Å². The molecular weight excluding hydrogens is 294 g/mol. The minimum absolute atomic E-state index is 0.0361. The Morgan fingerprint density at radius 3 is 2.09 bits per heavy atom. The molecule has 0 fully saturated rings. The molecule has 0 aromatic heterocycles. The molecule has 2 N–H and O–H groups in total. The second-order valence-corrected chi connectivity index (χ2v) is 6.30. The number of unbranched alkanes of at least 4 members (excludes halogenated alkanes) is 6. The van der Waals surface area contributed by atoms with Gasteiger partial charge in [0.05, 0.1) is 6.61 Å². The number of ether oxygens (including phenoxy) is 1. The highest BCUT2D eigenvalue weighted by Crippen LogP contribution is 2.14. The van der Waals surface area contributed by atoms with Gasteiger partial charge in [0, 0.05) is 19.9 Å². The summed E-state index contributed by atoms with van der Waals surface area (Å²) in [7, 11) is 0. The maximum absolute atomic E-state index is 11.3. The van der Waals surface area contributed by atoms with Gasteiger partial charge >= 0.3 is 5.97 Å². The summed E-state index contributed by atoms with van der Waals surface area (Å²) < 4.78 is 5.03. The molecule has 0 aromatic rings. The Labute approximate surface area is 141 Å². The van der Waals surface area contributed by atoms with Crippen LogP contribution in [-0.2, 0) is 14.3 Å². The summed E-state index contributed by atoms with van der Waals surface area (Å²) in [5, 5.41) is 12.2. The predicted octanol–water partition coefficient (Wildman–Crippen LogP) is 3.34. The molecule has 0 spiro atoms. The lowest BCUT2D eigenvalue weighted by Crippen LogP contribution is -2.34. The average Bonchev–Trinajstić information content (AvgIpc) is 2.49. The molecule has 0 saturated carbocycles. The zero-order chi connectivity index (χ0) is 17.5. The summed E-state index contributed by atoms with van der Waals surface area (Å²) in [6, 6.07) is 0.0905. The minimum atomic E-state index is -0.474. The van der Waals surface area contributed by atoms with E-state index in [4.69, 9.17) is 4.74 Å². The van der Waals surface area contributed by atoms with Crippen molar-refractivity contribution in [1.82, 2.24) is 5.32 Å². The number of aliphatic hydroxyl groups is 1. The third kappa shape index (κ3) is 14.2. The van der Waals surface area contributed by atoms with Crippen LogP contribution in [0.3, 0.4) is 0 Å². The van der Waals surface area contributed by atoms with E-state index >= 15 is 0 Å². The van der Waals surface area contributed by atoms with Crippen molar-refractivity contribution >= 4 is 11.9 Å². The summed E-state index contributed by atoms with van der Waals surface area (Å²) in [6.07, 6.45) is 10.5. The van der Waals surface area contributed by atoms with E-state index in [9.17, 15) is 14.7 Å². The molecule has 5 heteroatoms. The zero-order valence-corrected chi connectivity index (χ0v) is 15.1. The second kappa shape index (κ2) is 14.5. The third-order valence-corrected chi connectivity index (χ3v) is 3.94. The molecule has 0 saturated heterocycles. The monoisotopic (exact) mass is 329 g/mol. The van der Waals surface area contributed by atoms with Gasteiger partial charge in [-0.05, 0) is 19.3 Å². The molecule has 23 heavy (non-hydrogen) atoms. The minimum Gasteiger partial charge on any atom is -0.460 e. The molecule has 0 heterocycles. The second-order valence-electron chi connectivity index (χ2n) is 6.30. The van der Waals surface area contributed by atoms with Crippen LogP contribution in [0, 0.1) is 0 Å². The number of carbonyl (C=O) groups is 2. The fourth-order valence-corrected chi connectivity index (χ4v) is 2.73. The van der Waals surface area contributed by atoms with Gasteiger partial charge in [-0.25, -0.2) is 0 Å². The van der Waals surface area contributed by atoms with Crippen molar-refractivity contribution in [3.05, 3.63) is 0 Å². The van der Waals surface area contributed by atoms with Crippen molar-refractivity contribution in [2.24, 2.45) is 0 Å². The normalized spacial score (nSPS) is 13.4. The summed E-state index contributed by atoms with van der Waals surface area (Å²) in [5.41, 5.74) is 0. The van der Waals surface area contributed by atoms with Crippen molar-refractivity contribution in [2.75, 3.05) is 6.61 Å². The fraction of sp³-hybridized carbons (Fsp3) is 0.889. The Morgan fingerprint density at radius 1 is 0.957 bits per heavy atom. The van der Waals surface area contributed by atoms with Gasteiger partial charge in [-0.15, -0.1) is 0 Å². The molecule has 2 atom stereocenters. The summed E-state index contributed by atoms with van der Waals surface area (Å²) in [6.45, 7) is 4.90. The number of rotatable bonds is 14. The van der Waals surface area contributed by atoms with E-state index in [0.717, 1.165) is 12.8 Å². The molecule has 5 nitrogen and oxygen atoms in total. The molecule has 0 aliphatic heterocycles. The van der Waals surface area contributed by atoms with Crippen LogP contribution in [0.2, 0.25) is 0 Å². The predicted molar refractivity (Wildman–Crippen MR) is 92.1 cm³/mol. The molecule has 0 aliphatic rings. The van der Waals surface area contributed by atoms with Crippen molar-refractivity contribution < 1.29 is 19.4 Å². The van der Waals surface area contributed by atoms with Gasteiger partial charge in [0.2, 0.25) is 5.91 Å². The Bertz CT molecular complexity index is 320. The van der Waals surface area contributed by atoms with E-state index in [1.807, 2.05) is 0 Å². The first-order valence-electron chi connectivity index (χ1n) is 9.04. The number of hydrogen-bond acceptors (Lipinski definition) is 4. The maximum atomic E-state index is 11.3. The third-order valence-electron chi connectivity index (χ3n) is 3.94. The Morgan fingerprint density at radius 2 is 1.57 bits per heavy atom. The molecule has 0 rings (SSSR count). The molecule has 0 aliphatic carbocycles. The van der Waals surface area contributed by atoms with Crippen LogP contribution in [0.15, 0.2) is 0 Å². The SMILES string of the molecule is CCCCCCCCCC(CCC(CO)OC(C)=O)NC(C)=O. The lowest BCUT2D eigenvalue weighted by molar-refractivity contribution is -0.148. The van der Waals surface area contributed by atoms with Crippen LogP contribution in [-0.4, -0.2) is 35.7 Å². The van der Waals surface area contributed by atoms with E-state index in [2.05, 4.69) is 12.2 Å². The summed E-state index contributed by atoms with van der Waals surface area (Å²) >= 11 is 0. The number of hydrogen-bond donors (Lipinski definition) is 2. The van der Waals surface area contributed by atoms with E-state index < -0.39 is 6.10 Å². The van der Waals surface area contributed by atoms with Crippen molar-refractivity contribution in [2.45, 2.75) is 97.1 Å². The van der Waals surface area contributed by atoms with Gasteiger partial charge in [0.1, 0.15) is 6.10 Å². The lowest BCUT2D eigenvalue weighted by Gasteiger charge is -2.21.